The summed E-state index contributed by atoms with van der Waals surface area (Å²) in [6.45, 7) is 1.60. The number of aliphatic imine (C=N–C) groups is 1. The fourth-order valence-electron chi connectivity index (χ4n) is 3.01. The molecule has 0 fully saturated rings. The number of guanidine groups is 1. The van der Waals surface area contributed by atoms with E-state index in [1.54, 1.807) is 16.5 Å². The highest BCUT2D eigenvalue weighted by molar-refractivity contribution is 6.30. The number of fused-ring (bicyclic) bond motifs is 2. The summed E-state index contributed by atoms with van der Waals surface area (Å²) in [6.07, 6.45) is 0. The zero-order valence-electron chi connectivity index (χ0n) is 12.9. The average molecular weight is 341 g/mol. The van der Waals surface area contributed by atoms with Gasteiger partial charge in [-0.1, -0.05) is 23.7 Å². The molecule has 2 aromatic rings. The lowest BCUT2D eigenvalue weighted by Gasteiger charge is -2.33. The number of nitriles is 1. The van der Waals surface area contributed by atoms with E-state index in [4.69, 9.17) is 11.6 Å². The van der Waals surface area contributed by atoms with Crippen molar-refractivity contribution >= 4 is 29.3 Å². The molecule has 8 heteroatoms. The number of imidazole rings is 1. The number of amides is 1. The molecule has 0 saturated heterocycles. The van der Waals surface area contributed by atoms with Crippen molar-refractivity contribution in [3.05, 3.63) is 46.4 Å². The third kappa shape index (κ3) is 2.07. The van der Waals surface area contributed by atoms with E-state index in [9.17, 15) is 10.1 Å². The van der Waals surface area contributed by atoms with Gasteiger partial charge >= 0.3 is 0 Å². The van der Waals surface area contributed by atoms with Crippen molar-refractivity contribution in [2.45, 2.75) is 6.54 Å². The normalized spacial score (nSPS) is 15.9. The summed E-state index contributed by atoms with van der Waals surface area (Å²) in [7, 11) is 1.68. The Kier molecular flexibility index (Phi) is 3.28. The van der Waals surface area contributed by atoms with Crippen LogP contribution in [-0.2, 0) is 13.6 Å². The van der Waals surface area contributed by atoms with Crippen LogP contribution in [0.5, 0.6) is 0 Å². The SMILES string of the molecule is Cn1c(C#N)nc2c1C(=O)N1CCN=C1N2Cc1ccc(Cl)cc1. The molecule has 120 valence electrons. The molecule has 0 radical (unpaired) electrons. The second-order valence-corrected chi connectivity index (χ2v) is 6.07. The molecule has 1 amide bonds. The van der Waals surface area contributed by atoms with E-state index < -0.39 is 0 Å². The first-order chi connectivity index (χ1) is 11.6. The van der Waals surface area contributed by atoms with Crippen LogP contribution in [0, 0.1) is 11.3 Å². The van der Waals surface area contributed by atoms with Crippen LogP contribution >= 0.6 is 11.6 Å². The largest absolute Gasteiger partial charge is 0.313 e. The van der Waals surface area contributed by atoms with Crippen LogP contribution < -0.4 is 4.90 Å². The van der Waals surface area contributed by atoms with E-state index in [0.29, 0.717) is 42.1 Å². The molecular formula is C16H13ClN6O. The van der Waals surface area contributed by atoms with Crippen LogP contribution in [0.25, 0.3) is 0 Å². The lowest BCUT2D eigenvalue weighted by molar-refractivity contribution is 0.0842. The Morgan fingerprint density at radius 3 is 2.79 bits per heavy atom. The first-order valence-corrected chi connectivity index (χ1v) is 7.83. The van der Waals surface area contributed by atoms with Crippen LogP contribution in [0.3, 0.4) is 0 Å². The molecule has 4 rings (SSSR count). The summed E-state index contributed by atoms with van der Waals surface area (Å²) in [5.41, 5.74) is 1.43. The predicted octanol–water partition coefficient (Wildman–Crippen LogP) is 1.78. The monoisotopic (exact) mass is 340 g/mol. The van der Waals surface area contributed by atoms with Gasteiger partial charge < -0.3 is 4.57 Å². The maximum Gasteiger partial charge on any atom is 0.281 e. The summed E-state index contributed by atoms with van der Waals surface area (Å²) < 4.78 is 1.54. The molecule has 3 heterocycles. The number of hydrogen-bond acceptors (Lipinski definition) is 5. The van der Waals surface area contributed by atoms with Crippen molar-refractivity contribution in [3.8, 4) is 6.07 Å². The van der Waals surface area contributed by atoms with E-state index in [1.165, 1.54) is 0 Å². The van der Waals surface area contributed by atoms with Gasteiger partial charge in [0.1, 0.15) is 6.07 Å². The molecule has 0 saturated carbocycles. The quantitative estimate of drug-likeness (QED) is 0.834. The molecule has 0 atom stereocenters. The Balaban J connectivity index is 1.83. The molecule has 1 aromatic carbocycles. The molecule has 0 unspecified atom stereocenters. The summed E-state index contributed by atoms with van der Waals surface area (Å²) in [4.78, 5) is 25.0. The number of carbonyl (C=O) groups is 1. The van der Waals surface area contributed by atoms with Gasteiger partial charge in [-0.05, 0) is 17.7 Å². The van der Waals surface area contributed by atoms with Crippen molar-refractivity contribution in [3.63, 3.8) is 0 Å². The third-order valence-electron chi connectivity index (χ3n) is 4.19. The molecule has 0 bridgehead atoms. The van der Waals surface area contributed by atoms with Crippen LogP contribution in [0.2, 0.25) is 5.02 Å². The highest BCUT2D eigenvalue weighted by atomic mass is 35.5. The Bertz CT molecular complexity index is 908. The minimum absolute atomic E-state index is 0.162. The first-order valence-electron chi connectivity index (χ1n) is 7.45. The van der Waals surface area contributed by atoms with Gasteiger partial charge in [0.25, 0.3) is 5.91 Å². The summed E-state index contributed by atoms with van der Waals surface area (Å²) in [5, 5.41) is 9.91. The standard InChI is InChI=1S/C16H13ClN6O/c1-21-12(8-18)20-14-13(21)15(24)22-7-6-19-16(22)23(14)9-10-2-4-11(17)5-3-10/h2-5H,6-7,9H2,1H3. The molecule has 1 aromatic heterocycles. The predicted molar refractivity (Wildman–Crippen MR) is 88.9 cm³/mol. The Labute approximate surface area is 143 Å². The fourth-order valence-corrected chi connectivity index (χ4v) is 3.14. The van der Waals surface area contributed by atoms with E-state index >= 15 is 0 Å². The molecule has 7 nitrogen and oxygen atoms in total. The van der Waals surface area contributed by atoms with Gasteiger partial charge in [0.2, 0.25) is 11.8 Å². The van der Waals surface area contributed by atoms with Gasteiger partial charge in [-0.25, -0.2) is 4.98 Å². The number of nitrogens with zero attached hydrogens (tertiary/aromatic N) is 6. The van der Waals surface area contributed by atoms with Crippen molar-refractivity contribution in [1.82, 2.24) is 14.5 Å². The van der Waals surface area contributed by atoms with E-state index in [0.717, 1.165) is 5.56 Å². The third-order valence-corrected chi connectivity index (χ3v) is 4.45. The number of benzene rings is 1. The first kappa shape index (κ1) is 14.7. The van der Waals surface area contributed by atoms with Gasteiger partial charge in [-0.3, -0.25) is 19.6 Å². The lowest BCUT2D eigenvalue weighted by Crippen LogP contribution is -2.50. The highest BCUT2D eigenvalue weighted by Gasteiger charge is 2.41. The Morgan fingerprint density at radius 1 is 1.33 bits per heavy atom. The highest BCUT2D eigenvalue weighted by Crippen LogP contribution is 2.31. The zero-order valence-corrected chi connectivity index (χ0v) is 13.7. The molecule has 0 spiro atoms. The van der Waals surface area contributed by atoms with Crippen LogP contribution in [0.15, 0.2) is 29.3 Å². The molecule has 0 aliphatic carbocycles. The molecular weight excluding hydrogens is 328 g/mol. The van der Waals surface area contributed by atoms with Crippen molar-refractivity contribution in [2.75, 3.05) is 18.0 Å². The van der Waals surface area contributed by atoms with Crippen molar-refractivity contribution < 1.29 is 4.79 Å². The topological polar surface area (TPSA) is 77.5 Å². The maximum absolute atomic E-state index is 12.7. The second kappa shape index (κ2) is 5.35. The van der Waals surface area contributed by atoms with Gasteiger partial charge in [0.15, 0.2) is 11.5 Å². The molecule has 2 aliphatic heterocycles. The van der Waals surface area contributed by atoms with Crippen molar-refractivity contribution in [2.24, 2.45) is 12.0 Å². The van der Waals surface area contributed by atoms with E-state index in [1.807, 2.05) is 35.2 Å². The van der Waals surface area contributed by atoms with E-state index in [-0.39, 0.29) is 11.7 Å². The summed E-state index contributed by atoms with van der Waals surface area (Å²) in [6, 6.07) is 9.51. The van der Waals surface area contributed by atoms with Gasteiger partial charge in [-0.15, -0.1) is 0 Å². The number of hydrogen-bond donors (Lipinski definition) is 0. The summed E-state index contributed by atoms with van der Waals surface area (Å²) >= 11 is 5.94. The number of halogens is 1. The fraction of sp³-hybridized carbons (Fsp3) is 0.250. The average Bonchev–Trinajstić information content (AvgIpc) is 3.18. The van der Waals surface area contributed by atoms with Crippen LogP contribution in [-0.4, -0.2) is 39.4 Å². The molecule has 24 heavy (non-hydrogen) atoms. The van der Waals surface area contributed by atoms with Crippen LogP contribution in [0.1, 0.15) is 21.9 Å². The van der Waals surface area contributed by atoms with Gasteiger partial charge in [0.05, 0.1) is 13.1 Å². The number of rotatable bonds is 2. The van der Waals surface area contributed by atoms with Gasteiger partial charge in [-0.2, -0.15) is 5.26 Å². The van der Waals surface area contributed by atoms with Crippen molar-refractivity contribution in [1.29, 1.82) is 5.26 Å². The van der Waals surface area contributed by atoms with Gasteiger partial charge in [0, 0.05) is 18.6 Å². The second-order valence-electron chi connectivity index (χ2n) is 5.63. The molecule has 2 aliphatic rings. The van der Waals surface area contributed by atoms with E-state index in [2.05, 4.69) is 9.98 Å². The number of aromatic nitrogens is 2. The minimum Gasteiger partial charge on any atom is -0.313 e. The smallest absolute Gasteiger partial charge is 0.281 e. The molecule has 0 N–H and O–H groups in total. The number of anilines is 1. The number of carbonyl (C=O) groups excluding carboxylic acids is 1. The maximum atomic E-state index is 12.7. The zero-order chi connectivity index (χ0) is 16.8. The Hall–Kier alpha value is -2.85. The summed E-state index contributed by atoms with van der Waals surface area (Å²) in [5.74, 6) is 1.11. The van der Waals surface area contributed by atoms with Crippen LogP contribution in [0.4, 0.5) is 5.82 Å². The Morgan fingerprint density at radius 2 is 2.08 bits per heavy atom. The minimum atomic E-state index is -0.162. The lowest BCUT2D eigenvalue weighted by atomic mass is 10.2.